The van der Waals surface area contributed by atoms with E-state index in [1.54, 1.807) is 17.0 Å². The van der Waals surface area contributed by atoms with Crippen LogP contribution >= 0.6 is 0 Å². The van der Waals surface area contributed by atoms with Crippen molar-refractivity contribution in [3.05, 3.63) is 71.3 Å². The van der Waals surface area contributed by atoms with Gasteiger partial charge in [0, 0.05) is 51.0 Å². The highest BCUT2D eigenvalue weighted by Crippen LogP contribution is 2.20. The zero-order chi connectivity index (χ0) is 22.9. The first kappa shape index (κ1) is 23.2. The fourth-order valence-corrected chi connectivity index (χ4v) is 3.64. The maximum Gasteiger partial charge on any atom is 0.225 e. The van der Waals surface area contributed by atoms with Gasteiger partial charge in [-0.2, -0.15) is 0 Å². The molecule has 7 heteroatoms. The quantitative estimate of drug-likeness (QED) is 0.442. The number of benzene rings is 2. The van der Waals surface area contributed by atoms with Gasteiger partial charge in [-0.25, -0.2) is 0 Å². The molecular weight excluding hydrogens is 406 g/mol. The average molecular weight is 436 g/mol. The fraction of sp³-hybridized carbons (Fsp3) is 0.360. The molecule has 7 nitrogen and oxygen atoms in total. The molecule has 0 aliphatic carbocycles. The van der Waals surface area contributed by atoms with Crippen molar-refractivity contribution < 1.29 is 19.2 Å². The largest absolute Gasteiger partial charge is 0.354 e. The Labute approximate surface area is 188 Å². The highest BCUT2D eigenvalue weighted by Gasteiger charge is 2.33. The van der Waals surface area contributed by atoms with Crippen molar-refractivity contribution in [3.63, 3.8) is 0 Å². The Balaban J connectivity index is 1.31. The summed E-state index contributed by atoms with van der Waals surface area (Å²) in [6.07, 6.45) is 0.446. The number of carbonyl (C=O) groups is 4. The fourth-order valence-electron chi connectivity index (χ4n) is 3.64. The van der Waals surface area contributed by atoms with E-state index >= 15 is 0 Å². The molecule has 2 N–H and O–H groups in total. The van der Waals surface area contributed by atoms with Gasteiger partial charge in [-0.15, -0.1) is 0 Å². The molecule has 2 aromatic carbocycles. The monoisotopic (exact) mass is 435 g/mol. The Morgan fingerprint density at radius 3 is 2.34 bits per heavy atom. The topological polar surface area (TPSA) is 95.6 Å². The zero-order valence-corrected chi connectivity index (χ0v) is 18.3. The van der Waals surface area contributed by atoms with Gasteiger partial charge in [0.25, 0.3) is 0 Å². The second-order valence-corrected chi connectivity index (χ2v) is 8.09. The average Bonchev–Trinajstić information content (AvgIpc) is 3.16. The van der Waals surface area contributed by atoms with Crippen molar-refractivity contribution in [1.82, 2.24) is 15.5 Å². The predicted octanol–water partition coefficient (Wildman–Crippen LogP) is 2.24. The molecule has 2 aromatic rings. The normalized spacial score (nSPS) is 15.5. The van der Waals surface area contributed by atoms with Gasteiger partial charge in [-0.3, -0.25) is 19.2 Å². The number of amides is 3. The van der Waals surface area contributed by atoms with E-state index < -0.39 is 0 Å². The van der Waals surface area contributed by atoms with E-state index in [0.29, 0.717) is 18.7 Å². The van der Waals surface area contributed by atoms with Crippen molar-refractivity contribution in [3.8, 4) is 0 Å². The molecular formula is C25H29N3O4. The Morgan fingerprint density at radius 1 is 0.938 bits per heavy atom. The first-order valence-corrected chi connectivity index (χ1v) is 10.9. The third-order valence-corrected chi connectivity index (χ3v) is 5.50. The summed E-state index contributed by atoms with van der Waals surface area (Å²) in [5.74, 6) is -0.892. The number of hydrogen-bond acceptors (Lipinski definition) is 4. The van der Waals surface area contributed by atoms with Crippen LogP contribution in [0.15, 0.2) is 54.6 Å². The molecule has 0 spiro atoms. The minimum Gasteiger partial charge on any atom is -0.354 e. The molecule has 1 unspecified atom stereocenters. The maximum absolute atomic E-state index is 12.4. The predicted molar refractivity (Wildman–Crippen MR) is 121 cm³/mol. The van der Waals surface area contributed by atoms with E-state index in [4.69, 9.17) is 0 Å². The number of nitrogens with zero attached hydrogens (tertiary/aromatic N) is 1. The lowest BCUT2D eigenvalue weighted by molar-refractivity contribution is -0.129. The highest BCUT2D eigenvalue weighted by atomic mass is 16.2. The second-order valence-electron chi connectivity index (χ2n) is 8.09. The van der Waals surface area contributed by atoms with Crippen LogP contribution < -0.4 is 10.6 Å². The molecule has 1 fully saturated rings. The van der Waals surface area contributed by atoms with Gasteiger partial charge in [0.05, 0.1) is 5.92 Å². The summed E-state index contributed by atoms with van der Waals surface area (Å²) in [7, 11) is 0. The van der Waals surface area contributed by atoms with Crippen LogP contribution in [0.1, 0.15) is 40.7 Å². The molecule has 0 saturated carbocycles. The smallest absolute Gasteiger partial charge is 0.225 e. The van der Waals surface area contributed by atoms with Crippen LogP contribution in [0.25, 0.3) is 0 Å². The Bertz CT molecular complexity index is 957. The molecule has 3 rings (SSSR count). The number of rotatable bonds is 10. The minimum atomic E-state index is -0.381. The molecule has 1 aliphatic heterocycles. The molecule has 0 bridgehead atoms. The van der Waals surface area contributed by atoms with Crippen LogP contribution in [0.5, 0.6) is 0 Å². The lowest BCUT2D eigenvalue weighted by atomic mass is 10.1. The number of aryl methyl sites for hydroxylation is 1. The highest BCUT2D eigenvalue weighted by molar-refractivity contribution is 5.98. The third kappa shape index (κ3) is 6.77. The molecule has 1 heterocycles. The maximum atomic E-state index is 12.4. The summed E-state index contributed by atoms with van der Waals surface area (Å²) in [5, 5.41) is 5.49. The zero-order valence-electron chi connectivity index (χ0n) is 18.3. The Morgan fingerprint density at radius 2 is 1.62 bits per heavy atom. The van der Waals surface area contributed by atoms with Gasteiger partial charge in [-0.1, -0.05) is 60.2 Å². The van der Waals surface area contributed by atoms with Gasteiger partial charge in [0.2, 0.25) is 17.7 Å². The summed E-state index contributed by atoms with van der Waals surface area (Å²) in [5.41, 5.74) is 2.71. The SMILES string of the molecule is Cc1ccc(C(=O)CCC(=O)NCCNC(=O)C2CC(=O)N(Cc3ccccc3)C2)cc1. The molecule has 3 amide bonds. The van der Waals surface area contributed by atoms with Crippen LogP contribution in [0.3, 0.4) is 0 Å². The van der Waals surface area contributed by atoms with Crippen molar-refractivity contribution in [2.24, 2.45) is 5.92 Å². The van der Waals surface area contributed by atoms with Crippen molar-refractivity contribution >= 4 is 23.5 Å². The van der Waals surface area contributed by atoms with Gasteiger partial charge in [0.15, 0.2) is 5.78 Å². The Hall–Kier alpha value is -3.48. The van der Waals surface area contributed by atoms with Gasteiger partial charge < -0.3 is 15.5 Å². The molecule has 0 aromatic heterocycles. The minimum absolute atomic E-state index is 0.0273. The molecule has 1 atom stereocenters. The van der Waals surface area contributed by atoms with Crippen LogP contribution in [0, 0.1) is 12.8 Å². The molecule has 32 heavy (non-hydrogen) atoms. The van der Waals surface area contributed by atoms with E-state index in [1.165, 1.54) is 0 Å². The molecule has 1 aliphatic rings. The van der Waals surface area contributed by atoms with Crippen molar-refractivity contribution in [2.75, 3.05) is 19.6 Å². The second kappa shape index (κ2) is 11.2. The lowest BCUT2D eigenvalue weighted by Crippen LogP contribution is -2.38. The lowest BCUT2D eigenvalue weighted by Gasteiger charge is -2.16. The van der Waals surface area contributed by atoms with Crippen molar-refractivity contribution in [1.29, 1.82) is 0 Å². The van der Waals surface area contributed by atoms with Gasteiger partial charge in [0.1, 0.15) is 0 Å². The van der Waals surface area contributed by atoms with E-state index in [9.17, 15) is 19.2 Å². The number of ketones is 1. The number of likely N-dealkylation sites (tertiary alicyclic amines) is 1. The summed E-state index contributed by atoms with van der Waals surface area (Å²) >= 11 is 0. The summed E-state index contributed by atoms with van der Waals surface area (Å²) in [6.45, 7) is 3.40. The van der Waals surface area contributed by atoms with Crippen LogP contribution in [-0.2, 0) is 20.9 Å². The molecule has 1 saturated heterocycles. The third-order valence-electron chi connectivity index (χ3n) is 5.50. The van der Waals surface area contributed by atoms with Crippen molar-refractivity contribution in [2.45, 2.75) is 32.7 Å². The van der Waals surface area contributed by atoms with E-state index in [-0.39, 0.29) is 61.8 Å². The standard InChI is InChI=1S/C25H29N3O4/c1-18-7-9-20(10-8-18)22(29)11-12-23(30)26-13-14-27-25(32)21-15-24(31)28(17-21)16-19-5-3-2-4-6-19/h2-10,21H,11-17H2,1H3,(H,26,30)(H,27,32). The van der Waals surface area contributed by atoms with Crippen LogP contribution in [0.2, 0.25) is 0 Å². The first-order valence-electron chi connectivity index (χ1n) is 10.9. The molecule has 168 valence electrons. The van der Waals surface area contributed by atoms with E-state index in [2.05, 4.69) is 10.6 Å². The number of carbonyl (C=O) groups excluding carboxylic acids is 4. The van der Waals surface area contributed by atoms with Crippen LogP contribution in [0.4, 0.5) is 0 Å². The number of nitrogens with one attached hydrogen (secondary N) is 2. The summed E-state index contributed by atoms with van der Waals surface area (Å²) in [6, 6.07) is 16.9. The number of hydrogen-bond donors (Lipinski definition) is 2. The van der Waals surface area contributed by atoms with E-state index in [0.717, 1.165) is 11.1 Å². The summed E-state index contributed by atoms with van der Waals surface area (Å²) < 4.78 is 0. The molecule has 0 radical (unpaired) electrons. The Kier molecular flexibility index (Phi) is 8.14. The van der Waals surface area contributed by atoms with Gasteiger partial charge in [-0.05, 0) is 12.5 Å². The van der Waals surface area contributed by atoms with Gasteiger partial charge >= 0.3 is 0 Å². The summed E-state index contributed by atoms with van der Waals surface area (Å²) in [4.78, 5) is 50.4. The first-order chi connectivity index (χ1) is 15.4. The van der Waals surface area contributed by atoms with Crippen LogP contribution in [-0.4, -0.2) is 48.0 Å². The number of Topliss-reactive ketones (excluding diaryl/α,β-unsaturated/α-hetero) is 1. The van der Waals surface area contributed by atoms with E-state index in [1.807, 2.05) is 49.4 Å².